The van der Waals surface area contributed by atoms with Crippen molar-refractivity contribution in [1.82, 2.24) is 14.8 Å². The Morgan fingerprint density at radius 1 is 0.971 bits per heavy atom. The lowest BCUT2D eigenvalue weighted by atomic mass is 10.1. The highest BCUT2D eigenvalue weighted by molar-refractivity contribution is 8.00. The van der Waals surface area contributed by atoms with E-state index in [0.717, 1.165) is 15.8 Å². The summed E-state index contributed by atoms with van der Waals surface area (Å²) >= 11 is 1.27. The second-order valence-electron chi connectivity index (χ2n) is 7.83. The molecule has 5 rings (SSSR count). The van der Waals surface area contributed by atoms with E-state index in [1.807, 2.05) is 30.3 Å². The van der Waals surface area contributed by atoms with Crippen molar-refractivity contribution in [1.29, 1.82) is 0 Å². The van der Waals surface area contributed by atoms with Crippen LogP contribution in [0.1, 0.15) is 10.4 Å². The predicted molar refractivity (Wildman–Crippen MR) is 128 cm³/mol. The van der Waals surface area contributed by atoms with Gasteiger partial charge in [0, 0.05) is 43.3 Å². The van der Waals surface area contributed by atoms with Crippen molar-refractivity contribution in [3.05, 3.63) is 77.9 Å². The van der Waals surface area contributed by atoms with Crippen molar-refractivity contribution in [2.24, 2.45) is 10.2 Å². The van der Waals surface area contributed by atoms with E-state index in [4.69, 9.17) is 0 Å². The summed E-state index contributed by atoms with van der Waals surface area (Å²) < 4.78 is 17.8. The Morgan fingerprint density at radius 3 is 2.47 bits per heavy atom. The van der Waals surface area contributed by atoms with Crippen LogP contribution in [0, 0.1) is 5.82 Å². The zero-order chi connectivity index (χ0) is 23.5. The number of anilines is 1. The third kappa shape index (κ3) is 4.49. The third-order valence-corrected chi connectivity index (χ3v) is 6.57. The van der Waals surface area contributed by atoms with Gasteiger partial charge in [0.05, 0.1) is 22.6 Å². The SMILES string of the molecule is O=C(C1=CCN=N1)N1CCN(C(=O)c2ccc(NSc3cccc4cccnc34)c(F)c2)CC1. The number of para-hydroxylation sites is 1. The average Bonchev–Trinajstić information content (AvgIpc) is 3.42. The number of carbonyl (C=O) groups excluding carboxylic acids is 2. The summed E-state index contributed by atoms with van der Waals surface area (Å²) in [6, 6.07) is 14.1. The fourth-order valence-corrected chi connectivity index (χ4v) is 4.67. The van der Waals surface area contributed by atoms with Gasteiger partial charge in [-0.15, -0.1) is 0 Å². The predicted octanol–water partition coefficient (Wildman–Crippen LogP) is 4.13. The summed E-state index contributed by atoms with van der Waals surface area (Å²) in [4.78, 5) is 33.9. The van der Waals surface area contributed by atoms with Gasteiger partial charge in [-0.1, -0.05) is 18.2 Å². The molecule has 0 unspecified atom stereocenters. The molecule has 0 bridgehead atoms. The van der Waals surface area contributed by atoms with Crippen LogP contribution in [0.5, 0.6) is 0 Å². The lowest BCUT2D eigenvalue weighted by molar-refractivity contribution is -0.128. The van der Waals surface area contributed by atoms with Crippen molar-refractivity contribution in [2.75, 3.05) is 37.4 Å². The van der Waals surface area contributed by atoms with E-state index in [2.05, 4.69) is 19.9 Å². The molecule has 1 fully saturated rings. The first-order valence-electron chi connectivity index (χ1n) is 10.8. The Kier molecular flexibility index (Phi) is 6.22. The number of benzene rings is 2. The fraction of sp³-hybridized carbons (Fsp3) is 0.208. The molecule has 0 spiro atoms. The van der Waals surface area contributed by atoms with Gasteiger partial charge >= 0.3 is 0 Å². The maximum absolute atomic E-state index is 14.8. The van der Waals surface area contributed by atoms with Gasteiger partial charge < -0.3 is 14.5 Å². The lowest BCUT2D eigenvalue weighted by Gasteiger charge is -2.34. The molecule has 2 aliphatic rings. The van der Waals surface area contributed by atoms with Gasteiger partial charge in [0.1, 0.15) is 11.5 Å². The fourth-order valence-electron chi connectivity index (χ4n) is 3.87. The Hall–Kier alpha value is -3.79. The zero-order valence-electron chi connectivity index (χ0n) is 18.1. The topological polar surface area (TPSA) is 90.3 Å². The molecule has 172 valence electrons. The number of azo groups is 1. The molecule has 34 heavy (non-hydrogen) atoms. The van der Waals surface area contributed by atoms with E-state index in [-0.39, 0.29) is 23.1 Å². The van der Waals surface area contributed by atoms with Crippen molar-refractivity contribution in [2.45, 2.75) is 4.90 Å². The zero-order valence-corrected chi connectivity index (χ0v) is 19.0. The number of pyridine rings is 1. The number of halogens is 1. The summed E-state index contributed by atoms with van der Waals surface area (Å²) in [6.45, 7) is 1.97. The summed E-state index contributed by atoms with van der Waals surface area (Å²) in [5.74, 6) is -0.948. The summed E-state index contributed by atoms with van der Waals surface area (Å²) in [5.41, 5.74) is 1.73. The van der Waals surface area contributed by atoms with Crippen LogP contribution in [0.25, 0.3) is 10.9 Å². The molecule has 3 aromatic rings. The molecule has 2 aliphatic heterocycles. The lowest BCUT2D eigenvalue weighted by Crippen LogP contribution is -2.50. The number of aromatic nitrogens is 1. The molecule has 10 heteroatoms. The molecule has 2 amide bonds. The first kappa shape index (κ1) is 22.0. The first-order valence-corrected chi connectivity index (χ1v) is 11.6. The van der Waals surface area contributed by atoms with Gasteiger partial charge in [-0.3, -0.25) is 14.6 Å². The van der Waals surface area contributed by atoms with E-state index < -0.39 is 5.82 Å². The van der Waals surface area contributed by atoms with Crippen molar-refractivity contribution in [3.8, 4) is 0 Å². The second kappa shape index (κ2) is 9.60. The Labute approximate surface area is 199 Å². The van der Waals surface area contributed by atoms with E-state index in [0.29, 0.717) is 38.4 Å². The van der Waals surface area contributed by atoms with E-state index in [1.54, 1.807) is 34.2 Å². The van der Waals surface area contributed by atoms with Crippen molar-refractivity contribution >= 4 is 40.4 Å². The van der Waals surface area contributed by atoms with Gasteiger partial charge in [-0.05, 0) is 48.4 Å². The number of fused-ring (bicyclic) bond motifs is 1. The van der Waals surface area contributed by atoms with Crippen molar-refractivity contribution < 1.29 is 14.0 Å². The number of rotatable bonds is 5. The molecule has 8 nitrogen and oxygen atoms in total. The molecular weight excluding hydrogens is 455 g/mol. The van der Waals surface area contributed by atoms with Gasteiger partial charge in [-0.2, -0.15) is 10.2 Å². The molecule has 0 aliphatic carbocycles. The molecule has 1 N–H and O–H groups in total. The number of nitrogens with one attached hydrogen (secondary N) is 1. The monoisotopic (exact) mass is 476 g/mol. The highest BCUT2D eigenvalue weighted by Gasteiger charge is 2.27. The third-order valence-electron chi connectivity index (χ3n) is 5.70. The van der Waals surface area contributed by atoms with Crippen LogP contribution in [-0.2, 0) is 4.79 Å². The number of hydrogen-bond acceptors (Lipinski definition) is 7. The molecule has 0 radical (unpaired) electrons. The first-order chi connectivity index (χ1) is 16.6. The summed E-state index contributed by atoms with van der Waals surface area (Å²) in [6.07, 6.45) is 3.41. The van der Waals surface area contributed by atoms with Crippen LogP contribution in [0.3, 0.4) is 0 Å². The smallest absolute Gasteiger partial charge is 0.274 e. The molecule has 1 aromatic heterocycles. The Morgan fingerprint density at radius 2 is 1.74 bits per heavy atom. The van der Waals surface area contributed by atoms with Gasteiger partial charge in [-0.25, -0.2) is 4.39 Å². The van der Waals surface area contributed by atoms with Crippen LogP contribution in [0.2, 0.25) is 0 Å². The van der Waals surface area contributed by atoms with Crippen LogP contribution in [0.4, 0.5) is 10.1 Å². The minimum atomic E-state index is -0.515. The molecular formula is C24H21FN6O2S. The van der Waals surface area contributed by atoms with Gasteiger partial charge in [0.15, 0.2) is 0 Å². The molecule has 3 heterocycles. The van der Waals surface area contributed by atoms with Crippen LogP contribution in [-0.4, -0.2) is 59.3 Å². The number of carbonyl (C=O) groups is 2. The number of amides is 2. The Balaban J connectivity index is 1.21. The molecule has 0 saturated carbocycles. The van der Waals surface area contributed by atoms with Crippen LogP contribution >= 0.6 is 11.9 Å². The van der Waals surface area contributed by atoms with E-state index >= 15 is 0 Å². The molecule has 2 aromatic carbocycles. The highest BCUT2D eigenvalue weighted by atomic mass is 32.2. The maximum Gasteiger partial charge on any atom is 0.274 e. The average molecular weight is 477 g/mol. The summed E-state index contributed by atoms with van der Waals surface area (Å²) in [7, 11) is 0. The minimum absolute atomic E-state index is 0.172. The minimum Gasteiger partial charge on any atom is -0.335 e. The van der Waals surface area contributed by atoms with Crippen LogP contribution in [0.15, 0.2) is 81.6 Å². The maximum atomic E-state index is 14.8. The molecule has 0 atom stereocenters. The van der Waals surface area contributed by atoms with Crippen LogP contribution < -0.4 is 4.72 Å². The number of nitrogens with zero attached hydrogens (tertiary/aromatic N) is 5. The highest BCUT2D eigenvalue weighted by Crippen LogP contribution is 2.29. The normalized spacial score (nSPS) is 15.5. The number of piperazine rings is 1. The number of hydrogen-bond donors (Lipinski definition) is 1. The standard InChI is InChI=1S/C24H21FN6O2S/c25-18-15-17(23(32)30-11-13-31(14-12-30)24(33)20-8-10-27-28-20)6-7-19(18)29-34-21-5-1-3-16-4-2-9-26-22(16)21/h1-9,15,29H,10-14H2. The quantitative estimate of drug-likeness (QED) is 0.560. The van der Waals surface area contributed by atoms with Gasteiger partial charge in [0.2, 0.25) is 0 Å². The second-order valence-corrected chi connectivity index (χ2v) is 8.68. The summed E-state index contributed by atoms with van der Waals surface area (Å²) in [5, 5.41) is 8.64. The van der Waals surface area contributed by atoms with E-state index in [1.165, 1.54) is 18.0 Å². The van der Waals surface area contributed by atoms with E-state index in [9.17, 15) is 14.0 Å². The molecule has 1 saturated heterocycles. The van der Waals surface area contributed by atoms with Gasteiger partial charge in [0.25, 0.3) is 11.8 Å². The van der Waals surface area contributed by atoms with Crippen molar-refractivity contribution in [3.63, 3.8) is 0 Å². The Bertz CT molecular complexity index is 1310. The largest absolute Gasteiger partial charge is 0.335 e.